The molecule has 17 heavy (non-hydrogen) atoms. The Bertz CT molecular complexity index is 340. The van der Waals surface area contributed by atoms with Gasteiger partial charge in [-0.3, -0.25) is 0 Å². The number of rotatable bonds is 5. The minimum atomic E-state index is 0.663. The van der Waals surface area contributed by atoms with Crippen LogP contribution < -0.4 is 5.32 Å². The fourth-order valence-electron chi connectivity index (χ4n) is 2.68. The predicted octanol–water partition coefficient (Wildman–Crippen LogP) is 4.36. The van der Waals surface area contributed by atoms with Gasteiger partial charge in [0, 0.05) is 17.1 Å². The van der Waals surface area contributed by atoms with Crippen LogP contribution in [0.25, 0.3) is 0 Å². The molecule has 1 saturated carbocycles. The molecule has 1 fully saturated rings. The summed E-state index contributed by atoms with van der Waals surface area (Å²) >= 11 is 5.90. The molecule has 1 aliphatic rings. The summed E-state index contributed by atoms with van der Waals surface area (Å²) in [4.78, 5) is 0. The Morgan fingerprint density at radius 2 is 1.94 bits per heavy atom. The Morgan fingerprint density at radius 1 is 1.29 bits per heavy atom. The van der Waals surface area contributed by atoms with Crippen molar-refractivity contribution in [3.8, 4) is 0 Å². The van der Waals surface area contributed by atoms with E-state index in [0.29, 0.717) is 6.04 Å². The van der Waals surface area contributed by atoms with Gasteiger partial charge in [-0.1, -0.05) is 37.1 Å². The molecular weight excluding hydrogens is 230 g/mol. The van der Waals surface area contributed by atoms with Crippen LogP contribution in [0.15, 0.2) is 24.3 Å². The maximum absolute atomic E-state index is 5.90. The molecule has 0 bridgehead atoms. The third kappa shape index (κ3) is 3.46. The van der Waals surface area contributed by atoms with E-state index in [-0.39, 0.29) is 0 Å². The lowest BCUT2D eigenvalue weighted by atomic mass is 9.75. The van der Waals surface area contributed by atoms with Gasteiger partial charge < -0.3 is 5.32 Å². The Labute approximate surface area is 110 Å². The molecule has 0 aliphatic heterocycles. The third-order valence-electron chi connectivity index (χ3n) is 3.72. The smallest absolute Gasteiger partial charge is 0.0406 e. The van der Waals surface area contributed by atoms with E-state index in [2.05, 4.69) is 31.3 Å². The van der Waals surface area contributed by atoms with E-state index in [1.54, 1.807) is 0 Å². The molecule has 1 unspecified atom stereocenters. The summed E-state index contributed by atoms with van der Waals surface area (Å²) in [5.41, 5.74) is 1.44. The highest BCUT2D eigenvalue weighted by molar-refractivity contribution is 6.30. The van der Waals surface area contributed by atoms with Crippen LogP contribution in [0.2, 0.25) is 5.02 Å². The van der Waals surface area contributed by atoms with E-state index < -0.39 is 0 Å². The molecule has 1 aromatic carbocycles. The SMILES string of the molecule is CCCC(C)NC1CC(c2ccc(Cl)cc2)C1. The maximum atomic E-state index is 5.90. The van der Waals surface area contributed by atoms with Gasteiger partial charge in [0.05, 0.1) is 0 Å². The van der Waals surface area contributed by atoms with Crippen LogP contribution in [-0.2, 0) is 0 Å². The van der Waals surface area contributed by atoms with Crippen LogP contribution >= 0.6 is 11.6 Å². The lowest BCUT2D eigenvalue weighted by molar-refractivity contribution is 0.264. The highest BCUT2D eigenvalue weighted by Gasteiger charge is 2.30. The highest BCUT2D eigenvalue weighted by Crippen LogP contribution is 2.37. The third-order valence-corrected chi connectivity index (χ3v) is 3.97. The summed E-state index contributed by atoms with van der Waals surface area (Å²) in [5, 5.41) is 4.53. The quantitative estimate of drug-likeness (QED) is 0.820. The molecule has 1 atom stereocenters. The van der Waals surface area contributed by atoms with Crippen molar-refractivity contribution in [1.29, 1.82) is 0 Å². The second-order valence-electron chi connectivity index (χ2n) is 5.27. The van der Waals surface area contributed by atoms with Crippen molar-refractivity contribution in [2.45, 2.75) is 57.5 Å². The van der Waals surface area contributed by atoms with Crippen LogP contribution in [0, 0.1) is 0 Å². The van der Waals surface area contributed by atoms with Gasteiger partial charge in [0.15, 0.2) is 0 Å². The van der Waals surface area contributed by atoms with Crippen molar-refractivity contribution in [3.05, 3.63) is 34.9 Å². The predicted molar refractivity (Wildman–Crippen MR) is 74.7 cm³/mol. The number of nitrogens with one attached hydrogen (secondary N) is 1. The molecule has 0 saturated heterocycles. The Kier molecular flexibility index (Phi) is 4.47. The van der Waals surface area contributed by atoms with Crippen LogP contribution in [0.5, 0.6) is 0 Å². The second-order valence-corrected chi connectivity index (χ2v) is 5.71. The lowest BCUT2D eigenvalue weighted by Gasteiger charge is -2.38. The summed E-state index contributed by atoms with van der Waals surface area (Å²) in [6.07, 6.45) is 5.09. The fraction of sp³-hybridized carbons (Fsp3) is 0.600. The maximum Gasteiger partial charge on any atom is 0.0406 e. The zero-order valence-electron chi connectivity index (χ0n) is 10.7. The van der Waals surface area contributed by atoms with E-state index in [0.717, 1.165) is 17.0 Å². The molecule has 0 aromatic heterocycles. The van der Waals surface area contributed by atoms with Gasteiger partial charge in [0.1, 0.15) is 0 Å². The number of halogens is 1. The van der Waals surface area contributed by atoms with Crippen LogP contribution in [0.1, 0.15) is 51.0 Å². The Hall–Kier alpha value is -0.530. The first-order valence-corrected chi connectivity index (χ1v) is 7.08. The zero-order valence-corrected chi connectivity index (χ0v) is 11.5. The van der Waals surface area contributed by atoms with Crippen molar-refractivity contribution >= 4 is 11.6 Å². The number of hydrogen-bond acceptors (Lipinski definition) is 1. The minimum absolute atomic E-state index is 0.663. The monoisotopic (exact) mass is 251 g/mol. The molecule has 1 aromatic rings. The lowest BCUT2D eigenvalue weighted by Crippen LogP contribution is -2.44. The van der Waals surface area contributed by atoms with E-state index in [9.17, 15) is 0 Å². The van der Waals surface area contributed by atoms with E-state index >= 15 is 0 Å². The largest absolute Gasteiger partial charge is 0.311 e. The van der Waals surface area contributed by atoms with Gasteiger partial charge in [-0.15, -0.1) is 0 Å². The van der Waals surface area contributed by atoms with Crippen molar-refractivity contribution in [2.75, 3.05) is 0 Å². The van der Waals surface area contributed by atoms with E-state index in [1.165, 1.54) is 31.2 Å². The van der Waals surface area contributed by atoms with Gasteiger partial charge in [-0.05, 0) is 49.8 Å². The molecule has 0 amide bonds. The van der Waals surface area contributed by atoms with Gasteiger partial charge in [-0.25, -0.2) is 0 Å². The molecule has 2 rings (SSSR count). The molecule has 94 valence electrons. The van der Waals surface area contributed by atoms with Gasteiger partial charge in [0.2, 0.25) is 0 Å². The van der Waals surface area contributed by atoms with Crippen molar-refractivity contribution in [3.63, 3.8) is 0 Å². The normalized spacial score (nSPS) is 25.4. The minimum Gasteiger partial charge on any atom is -0.311 e. The molecule has 0 radical (unpaired) electrons. The van der Waals surface area contributed by atoms with Crippen LogP contribution in [0.4, 0.5) is 0 Å². The second kappa shape index (κ2) is 5.88. The van der Waals surface area contributed by atoms with Crippen molar-refractivity contribution in [2.24, 2.45) is 0 Å². The summed E-state index contributed by atoms with van der Waals surface area (Å²) in [7, 11) is 0. The van der Waals surface area contributed by atoms with Crippen LogP contribution in [-0.4, -0.2) is 12.1 Å². The molecule has 1 nitrogen and oxygen atoms in total. The Balaban J connectivity index is 1.77. The number of benzene rings is 1. The van der Waals surface area contributed by atoms with Gasteiger partial charge >= 0.3 is 0 Å². The molecule has 2 heteroatoms. The summed E-state index contributed by atoms with van der Waals surface area (Å²) in [5.74, 6) is 0.735. The Morgan fingerprint density at radius 3 is 2.53 bits per heavy atom. The van der Waals surface area contributed by atoms with Crippen molar-refractivity contribution in [1.82, 2.24) is 5.32 Å². The standard InChI is InChI=1S/C15H22ClN/c1-3-4-11(2)17-15-9-13(10-15)12-5-7-14(16)8-6-12/h5-8,11,13,15,17H,3-4,9-10H2,1-2H3. The zero-order chi connectivity index (χ0) is 12.3. The van der Waals surface area contributed by atoms with Gasteiger partial charge in [0.25, 0.3) is 0 Å². The topological polar surface area (TPSA) is 12.0 Å². The van der Waals surface area contributed by atoms with Gasteiger partial charge in [-0.2, -0.15) is 0 Å². The van der Waals surface area contributed by atoms with Crippen molar-refractivity contribution < 1.29 is 0 Å². The van der Waals surface area contributed by atoms with E-state index in [4.69, 9.17) is 11.6 Å². The molecule has 0 heterocycles. The fourth-order valence-corrected chi connectivity index (χ4v) is 2.81. The number of hydrogen-bond donors (Lipinski definition) is 1. The average molecular weight is 252 g/mol. The first kappa shape index (κ1) is 12.9. The highest BCUT2D eigenvalue weighted by atomic mass is 35.5. The molecule has 1 aliphatic carbocycles. The average Bonchev–Trinajstić information content (AvgIpc) is 2.25. The first-order valence-electron chi connectivity index (χ1n) is 6.70. The van der Waals surface area contributed by atoms with Crippen LogP contribution in [0.3, 0.4) is 0 Å². The summed E-state index contributed by atoms with van der Waals surface area (Å²) in [6.45, 7) is 4.54. The summed E-state index contributed by atoms with van der Waals surface area (Å²) in [6, 6.07) is 9.71. The van der Waals surface area contributed by atoms with E-state index in [1.807, 2.05) is 12.1 Å². The summed E-state index contributed by atoms with van der Waals surface area (Å²) < 4.78 is 0. The molecular formula is C15H22ClN. The first-order chi connectivity index (χ1) is 8.19. The molecule has 0 spiro atoms. The molecule has 1 N–H and O–H groups in total.